The fraction of sp³-hybridized carbons (Fsp3) is 0.133. The van der Waals surface area contributed by atoms with Gasteiger partial charge in [0.15, 0.2) is 6.61 Å². The summed E-state index contributed by atoms with van der Waals surface area (Å²) in [6.45, 7) is 1.09. The molecule has 2 N–H and O–H groups in total. The molecule has 2 aromatic rings. The average molecular weight is 304 g/mol. The van der Waals surface area contributed by atoms with Crippen LogP contribution in [0, 0.1) is 12.7 Å². The number of carbonyl (C=O) groups is 2. The van der Waals surface area contributed by atoms with Gasteiger partial charge in [-0.05, 0) is 36.8 Å². The van der Waals surface area contributed by atoms with Gasteiger partial charge in [0, 0.05) is 6.20 Å². The van der Waals surface area contributed by atoms with Crippen molar-refractivity contribution in [3.8, 4) is 0 Å². The number of rotatable bonds is 4. The van der Waals surface area contributed by atoms with E-state index in [1.165, 1.54) is 30.5 Å². The van der Waals surface area contributed by atoms with Crippen LogP contribution in [0.25, 0.3) is 0 Å². The number of carbonyl (C=O) groups excluding carboxylic acids is 2. The van der Waals surface area contributed by atoms with Crippen molar-refractivity contribution >= 4 is 17.6 Å². The minimum Gasteiger partial charge on any atom is -0.452 e. The normalized spacial score (nSPS) is 10.1. The van der Waals surface area contributed by atoms with E-state index in [-0.39, 0.29) is 11.3 Å². The highest BCUT2D eigenvalue weighted by Crippen LogP contribution is 2.15. The van der Waals surface area contributed by atoms with Gasteiger partial charge < -0.3 is 15.0 Å². The summed E-state index contributed by atoms with van der Waals surface area (Å²) >= 11 is 0. The minimum absolute atomic E-state index is 0.00999. The summed E-state index contributed by atoms with van der Waals surface area (Å²) < 4.78 is 18.3. The first kappa shape index (κ1) is 15.4. The van der Waals surface area contributed by atoms with Gasteiger partial charge in [-0.3, -0.25) is 9.59 Å². The highest BCUT2D eigenvalue weighted by molar-refractivity contribution is 5.95. The van der Waals surface area contributed by atoms with Crippen LogP contribution in [0.15, 0.2) is 41.3 Å². The first-order valence-corrected chi connectivity index (χ1v) is 6.38. The Kier molecular flexibility index (Phi) is 4.67. The number of hydrogen-bond acceptors (Lipinski definition) is 4. The molecule has 114 valence electrons. The first-order valence-electron chi connectivity index (χ1n) is 6.38. The molecule has 0 aliphatic heterocycles. The Labute approximate surface area is 124 Å². The predicted octanol–water partition coefficient (Wildman–Crippen LogP) is 1.62. The van der Waals surface area contributed by atoms with Crippen molar-refractivity contribution < 1.29 is 18.7 Å². The molecule has 6 nitrogen and oxygen atoms in total. The van der Waals surface area contributed by atoms with E-state index in [2.05, 4.69) is 10.3 Å². The lowest BCUT2D eigenvalue weighted by Crippen LogP contribution is -2.24. The minimum atomic E-state index is -0.929. The monoisotopic (exact) mass is 304 g/mol. The number of amides is 1. The highest BCUT2D eigenvalue weighted by Gasteiger charge is 2.14. The molecule has 0 bridgehead atoms. The van der Waals surface area contributed by atoms with E-state index in [1.807, 2.05) is 0 Å². The summed E-state index contributed by atoms with van der Waals surface area (Å²) in [5.41, 5.74) is -0.122. The molecule has 0 aliphatic rings. The number of hydrogen-bond donors (Lipinski definition) is 2. The molecule has 0 fully saturated rings. The van der Waals surface area contributed by atoms with Crippen LogP contribution >= 0.6 is 0 Å². The molecule has 1 heterocycles. The van der Waals surface area contributed by atoms with Crippen LogP contribution in [0.4, 0.5) is 10.1 Å². The molecule has 0 saturated carbocycles. The topological polar surface area (TPSA) is 88.3 Å². The Bertz CT molecular complexity index is 770. The van der Waals surface area contributed by atoms with E-state index >= 15 is 0 Å². The largest absolute Gasteiger partial charge is 0.452 e. The van der Waals surface area contributed by atoms with E-state index in [9.17, 15) is 18.8 Å². The Hall–Kier alpha value is -2.96. The number of pyridine rings is 1. The molecule has 2 rings (SSSR count). The molecular weight excluding hydrogens is 291 g/mol. The zero-order valence-corrected chi connectivity index (χ0v) is 11.7. The number of aromatic amines is 1. The second-order valence-corrected chi connectivity index (χ2v) is 4.52. The number of ether oxygens (including phenoxy) is 1. The van der Waals surface area contributed by atoms with Crippen LogP contribution in [0.5, 0.6) is 0 Å². The number of esters is 1. The number of aromatic nitrogens is 1. The van der Waals surface area contributed by atoms with Gasteiger partial charge in [-0.25, -0.2) is 9.18 Å². The Morgan fingerprint density at radius 1 is 1.32 bits per heavy atom. The van der Waals surface area contributed by atoms with Crippen LogP contribution in [-0.2, 0) is 9.53 Å². The van der Waals surface area contributed by atoms with Crippen LogP contribution in [0.1, 0.15) is 15.9 Å². The lowest BCUT2D eigenvalue weighted by Gasteiger charge is -2.07. The number of benzene rings is 1. The molecule has 0 atom stereocenters. The molecule has 0 spiro atoms. The van der Waals surface area contributed by atoms with E-state index in [0.29, 0.717) is 5.56 Å². The van der Waals surface area contributed by atoms with Gasteiger partial charge in [0.05, 0.1) is 5.69 Å². The Morgan fingerprint density at radius 2 is 2.09 bits per heavy atom. The third-order valence-electron chi connectivity index (χ3n) is 2.77. The summed E-state index contributed by atoms with van der Waals surface area (Å²) in [4.78, 5) is 36.9. The van der Waals surface area contributed by atoms with Gasteiger partial charge in [0.2, 0.25) is 0 Å². The predicted molar refractivity (Wildman–Crippen MR) is 77.1 cm³/mol. The molecule has 0 saturated heterocycles. The lowest BCUT2D eigenvalue weighted by molar-refractivity contribution is -0.119. The van der Waals surface area contributed by atoms with Crippen molar-refractivity contribution in [2.45, 2.75) is 6.92 Å². The van der Waals surface area contributed by atoms with Crippen molar-refractivity contribution in [2.24, 2.45) is 0 Å². The maximum atomic E-state index is 13.6. The highest BCUT2D eigenvalue weighted by atomic mass is 19.1. The summed E-state index contributed by atoms with van der Waals surface area (Å²) in [7, 11) is 0. The molecule has 1 aromatic heterocycles. The third kappa shape index (κ3) is 3.78. The van der Waals surface area contributed by atoms with Gasteiger partial charge in [-0.15, -0.1) is 0 Å². The number of anilines is 1. The van der Waals surface area contributed by atoms with Crippen LogP contribution < -0.4 is 10.9 Å². The third-order valence-corrected chi connectivity index (χ3v) is 2.77. The van der Waals surface area contributed by atoms with E-state index in [0.717, 1.165) is 0 Å². The zero-order chi connectivity index (χ0) is 16.1. The van der Waals surface area contributed by atoms with Crippen molar-refractivity contribution in [1.82, 2.24) is 4.98 Å². The van der Waals surface area contributed by atoms with Gasteiger partial charge in [0.25, 0.3) is 11.5 Å². The number of halogens is 1. The molecule has 0 unspecified atom stereocenters. The average Bonchev–Trinajstić information content (AvgIpc) is 2.48. The first-order chi connectivity index (χ1) is 10.5. The molecule has 0 aliphatic carbocycles. The fourth-order valence-electron chi connectivity index (χ4n) is 1.70. The van der Waals surface area contributed by atoms with E-state index in [4.69, 9.17) is 4.74 Å². The second kappa shape index (κ2) is 6.66. The SMILES string of the molecule is Cc1ccc(NC(=O)COC(=O)c2ccc[nH]c2=O)c(F)c1. The van der Waals surface area contributed by atoms with Crippen LogP contribution in [-0.4, -0.2) is 23.5 Å². The Balaban J connectivity index is 1.94. The summed E-state index contributed by atoms with van der Waals surface area (Å²) in [5.74, 6) is -2.22. The zero-order valence-electron chi connectivity index (χ0n) is 11.7. The van der Waals surface area contributed by atoms with Gasteiger partial charge in [-0.1, -0.05) is 6.07 Å². The standard InChI is InChI=1S/C15H13FN2O4/c1-9-4-5-12(11(16)7-9)18-13(19)8-22-15(21)10-3-2-6-17-14(10)20/h2-7H,8H2,1H3,(H,17,20)(H,18,19). The molecule has 0 radical (unpaired) electrons. The fourth-order valence-corrected chi connectivity index (χ4v) is 1.70. The molecular formula is C15H13FN2O4. The van der Waals surface area contributed by atoms with Gasteiger partial charge in [-0.2, -0.15) is 0 Å². The van der Waals surface area contributed by atoms with E-state index in [1.54, 1.807) is 13.0 Å². The van der Waals surface area contributed by atoms with Crippen molar-refractivity contribution in [3.05, 3.63) is 63.8 Å². The Morgan fingerprint density at radius 3 is 2.77 bits per heavy atom. The molecule has 22 heavy (non-hydrogen) atoms. The van der Waals surface area contributed by atoms with Crippen molar-refractivity contribution in [3.63, 3.8) is 0 Å². The summed E-state index contributed by atoms with van der Waals surface area (Å²) in [6.07, 6.45) is 1.37. The summed E-state index contributed by atoms with van der Waals surface area (Å²) in [6, 6.07) is 7.05. The van der Waals surface area contributed by atoms with Crippen molar-refractivity contribution in [2.75, 3.05) is 11.9 Å². The smallest absolute Gasteiger partial charge is 0.344 e. The number of H-pyrrole nitrogens is 1. The maximum Gasteiger partial charge on any atom is 0.344 e. The number of nitrogens with one attached hydrogen (secondary N) is 2. The second-order valence-electron chi connectivity index (χ2n) is 4.52. The molecule has 1 amide bonds. The lowest BCUT2D eigenvalue weighted by atomic mass is 10.2. The van der Waals surface area contributed by atoms with Gasteiger partial charge in [0.1, 0.15) is 11.4 Å². The van der Waals surface area contributed by atoms with Crippen LogP contribution in [0.3, 0.4) is 0 Å². The molecule has 1 aromatic carbocycles. The summed E-state index contributed by atoms with van der Waals surface area (Å²) in [5, 5.41) is 2.28. The van der Waals surface area contributed by atoms with Crippen molar-refractivity contribution in [1.29, 1.82) is 0 Å². The quantitative estimate of drug-likeness (QED) is 0.840. The maximum absolute atomic E-state index is 13.6. The van der Waals surface area contributed by atoms with Gasteiger partial charge >= 0.3 is 5.97 Å². The van der Waals surface area contributed by atoms with E-state index < -0.39 is 29.9 Å². The van der Waals surface area contributed by atoms with Crippen LogP contribution in [0.2, 0.25) is 0 Å². The number of aryl methyl sites for hydroxylation is 1. The molecule has 7 heteroatoms.